The van der Waals surface area contributed by atoms with Crippen LogP contribution in [0.4, 0.5) is 0 Å². The summed E-state index contributed by atoms with van der Waals surface area (Å²) in [5, 5.41) is 9.20. The Hall–Kier alpha value is -1.15. The minimum atomic E-state index is 0.326. The zero-order valence-corrected chi connectivity index (χ0v) is 19.6. The molecule has 1 saturated heterocycles. The van der Waals surface area contributed by atoms with Gasteiger partial charge in [-0.15, -0.1) is 11.3 Å². The molecule has 2 N–H and O–H groups in total. The Morgan fingerprint density at radius 2 is 2.03 bits per heavy atom. The van der Waals surface area contributed by atoms with E-state index in [1.165, 1.54) is 17.8 Å². The summed E-state index contributed by atoms with van der Waals surface area (Å²) < 4.78 is 5.55. The molecule has 7 heteroatoms. The van der Waals surface area contributed by atoms with Gasteiger partial charge in [0.2, 0.25) is 0 Å². The van der Waals surface area contributed by atoms with Gasteiger partial charge in [-0.3, -0.25) is 9.89 Å². The van der Waals surface area contributed by atoms with Gasteiger partial charge >= 0.3 is 0 Å². The van der Waals surface area contributed by atoms with Crippen molar-refractivity contribution < 1.29 is 4.74 Å². The Labute approximate surface area is 181 Å². The van der Waals surface area contributed by atoms with Gasteiger partial charge in [-0.05, 0) is 57.8 Å². The number of ether oxygens (including phenoxy) is 1. The van der Waals surface area contributed by atoms with Crippen LogP contribution in [0.3, 0.4) is 0 Å². The topological polar surface area (TPSA) is 52.1 Å². The molecule has 0 bridgehead atoms. The third-order valence-electron chi connectivity index (χ3n) is 5.51. The van der Waals surface area contributed by atoms with Gasteiger partial charge in [-0.2, -0.15) is 0 Å². The maximum atomic E-state index is 5.55. The molecule has 0 radical (unpaired) electrons. The van der Waals surface area contributed by atoms with Crippen molar-refractivity contribution in [1.82, 2.24) is 20.4 Å². The molecule has 0 saturated carbocycles. The maximum absolute atomic E-state index is 5.55. The number of thiophene rings is 1. The van der Waals surface area contributed by atoms with E-state index in [1.54, 1.807) is 0 Å². The van der Waals surface area contributed by atoms with Gasteiger partial charge in [0, 0.05) is 30.6 Å². The molecule has 0 aromatic carbocycles. The molecule has 1 fully saturated rings. The van der Waals surface area contributed by atoms with Crippen LogP contribution in [0.15, 0.2) is 22.5 Å². The van der Waals surface area contributed by atoms with Crippen LogP contribution in [-0.4, -0.2) is 80.8 Å². The van der Waals surface area contributed by atoms with Crippen LogP contribution in [0.5, 0.6) is 0 Å². The van der Waals surface area contributed by atoms with Crippen molar-refractivity contribution in [2.75, 3.05) is 59.0 Å². The van der Waals surface area contributed by atoms with Crippen LogP contribution in [0.1, 0.15) is 51.5 Å². The second-order valence-electron chi connectivity index (χ2n) is 7.61. The number of hydrogen-bond donors (Lipinski definition) is 2. The second kappa shape index (κ2) is 14.0. The molecule has 0 spiro atoms. The van der Waals surface area contributed by atoms with E-state index >= 15 is 0 Å². The van der Waals surface area contributed by atoms with Gasteiger partial charge in [0.25, 0.3) is 0 Å². The first-order chi connectivity index (χ1) is 14.2. The van der Waals surface area contributed by atoms with Crippen molar-refractivity contribution in [3.8, 4) is 0 Å². The highest BCUT2D eigenvalue weighted by Crippen LogP contribution is 2.26. The van der Waals surface area contributed by atoms with E-state index in [4.69, 9.17) is 9.73 Å². The van der Waals surface area contributed by atoms with Crippen molar-refractivity contribution in [2.24, 2.45) is 4.99 Å². The van der Waals surface area contributed by atoms with E-state index in [-0.39, 0.29) is 0 Å². The Kier molecular flexibility index (Phi) is 11.6. The highest BCUT2D eigenvalue weighted by atomic mass is 32.1. The smallest absolute Gasteiger partial charge is 0.191 e. The number of aliphatic imine (C=N–C) groups is 1. The van der Waals surface area contributed by atoms with E-state index in [0.29, 0.717) is 12.1 Å². The lowest BCUT2D eigenvalue weighted by molar-refractivity contribution is 0.0186. The lowest BCUT2D eigenvalue weighted by Crippen LogP contribution is -2.44. The van der Waals surface area contributed by atoms with Gasteiger partial charge < -0.3 is 20.3 Å². The summed E-state index contributed by atoms with van der Waals surface area (Å²) in [6, 6.07) is 5.11. The van der Waals surface area contributed by atoms with Gasteiger partial charge in [-0.1, -0.05) is 19.9 Å². The molecule has 1 aliphatic heterocycles. The summed E-state index contributed by atoms with van der Waals surface area (Å²) >= 11 is 1.82. The van der Waals surface area contributed by atoms with Crippen molar-refractivity contribution in [3.05, 3.63) is 22.4 Å². The van der Waals surface area contributed by atoms with Crippen molar-refractivity contribution >= 4 is 17.3 Å². The van der Waals surface area contributed by atoms with Gasteiger partial charge in [0.1, 0.15) is 0 Å². The number of morpholine rings is 1. The van der Waals surface area contributed by atoms with E-state index in [0.717, 1.165) is 64.9 Å². The number of rotatable bonds is 12. The molecule has 1 aromatic heterocycles. The SMILES string of the molecule is CCNC(=NCC(c1cccs1)N1CCOCC1)NC(C)CCCN(CC)CC. The minimum absolute atomic E-state index is 0.326. The molecule has 6 nitrogen and oxygen atoms in total. The first-order valence-corrected chi connectivity index (χ1v) is 12.2. The third-order valence-corrected chi connectivity index (χ3v) is 6.49. The summed E-state index contributed by atoms with van der Waals surface area (Å²) in [7, 11) is 0. The predicted molar refractivity (Wildman–Crippen MR) is 125 cm³/mol. The number of guanidine groups is 1. The minimum Gasteiger partial charge on any atom is -0.379 e. The summed E-state index contributed by atoms with van der Waals surface area (Å²) in [4.78, 5) is 11.4. The van der Waals surface area contributed by atoms with E-state index < -0.39 is 0 Å². The Morgan fingerprint density at radius 1 is 1.28 bits per heavy atom. The summed E-state index contributed by atoms with van der Waals surface area (Å²) in [5.41, 5.74) is 0. The Bertz CT molecular complexity index is 556. The molecular formula is C22H41N5OS. The maximum Gasteiger partial charge on any atom is 0.191 e. The van der Waals surface area contributed by atoms with Gasteiger partial charge in [0.05, 0.1) is 25.8 Å². The molecule has 0 aliphatic carbocycles. The van der Waals surface area contributed by atoms with E-state index in [1.807, 2.05) is 11.3 Å². The average Bonchev–Trinajstić information content (AvgIpc) is 3.27. The molecule has 0 amide bonds. The predicted octanol–water partition coefficient (Wildman–Crippen LogP) is 3.19. The Balaban J connectivity index is 1.92. The highest BCUT2D eigenvalue weighted by Gasteiger charge is 2.23. The molecule has 166 valence electrons. The lowest BCUT2D eigenvalue weighted by atomic mass is 10.1. The van der Waals surface area contributed by atoms with Crippen LogP contribution in [0.2, 0.25) is 0 Å². The van der Waals surface area contributed by atoms with Crippen LogP contribution in [-0.2, 0) is 4.74 Å². The lowest BCUT2D eigenvalue weighted by Gasteiger charge is -2.33. The first-order valence-electron chi connectivity index (χ1n) is 11.3. The fraction of sp³-hybridized carbons (Fsp3) is 0.773. The second-order valence-corrected chi connectivity index (χ2v) is 8.59. The van der Waals surface area contributed by atoms with Gasteiger partial charge in [-0.25, -0.2) is 0 Å². The Morgan fingerprint density at radius 3 is 2.66 bits per heavy atom. The molecule has 2 atom stereocenters. The van der Waals surface area contributed by atoms with E-state index in [2.05, 4.69) is 65.6 Å². The quantitative estimate of drug-likeness (QED) is 0.399. The van der Waals surface area contributed by atoms with Crippen LogP contribution in [0.25, 0.3) is 0 Å². The van der Waals surface area contributed by atoms with Crippen LogP contribution >= 0.6 is 11.3 Å². The fourth-order valence-corrected chi connectivity index (χ4v) is 4.57. The number of nitrogens with one attached hydrogen (secondary N) is 2. The summed E-state index contributed by atoms with van der Waals surface area (Å²) in [5.74, 6) is 0.928. The third kappa shape index (κ3) is 8.62. The fourth-order valence-electron chi connectivity index (χ4n) is 3.72. The molecule has 1 aliphatic rings. The number of hydrogen-bond acceptors (Lipinski definition) is 5. The summed E-state index contributed by atoms with van der Waals surface area (Å²) in [6.45, 7) is 17.5. The number of nitrogens with zero attached hydrogens (tertiary/aromatic N) is 3. The summed E-state index contributed by atoms with van der Waals surface area (Å²) in [6.07, 6.45) is 2.36. The zero-order chi connectivity index (χ0) is 20.9. The van der Waals surface area contributed by atoms with Gasteiger partial charge in [0.15, 0.2) is 5.96 Å². The molecule has 2 rings (SSSR count). The van der Waals surface area contributed by atoms with E-state index in [9.17, 15) is 0 Å². The normalized spacial score (nSPS) is 18.0. The van der Waals surface area contributed by atoms with Crippen molar-refractivity contribution in [2.45, 2.75) is 52.6 Å². The van der Waals surface area contributed by atoms with Crippen molar-refractivity contribution in [3.63, 3.8) is 0 Å². The monoisotopic (exact) mass is 423 g/mol. The molecule has 29 heavy (non-hydrogen) atoms. The molecule has 2 unspecified atom stereocenters. The molecule has 2 heterocycles. The van der Waals surface area contributed by atoms with Crippen molar-refractivity contribution in [1.29, 1.82) is 0 Å². The zero-order valence-electron chi connectivity index (χ0n) is 18.8. The van der Waals surface area contributed by atoms with Crippen LogP contribution in [0, 0.1) is 0 Å². The first kappa shape index (κ1) is 24.1. The average molecular weight is 424 g/mol. The molecular weight excluding hydrogens is 382 g/mol. The molecule has 1 aromatic rings. The highest BCUT2D eigenvalue weighted by molar-refractivity contribution is 7.10. The largest absolute Gasteiger partial charge is 0.379 e. The van der Waals surface area contributed by atoms with Crippen LogP contribution < -0.4 is 10.6 Å². The standard InChI is InChI=1S/C22H41N5OS/c1-5-23-22(25-19(4)10-8-12-26(6-2)7-3)24-18-20(21-11-9-17-29-21)27-13-15-28-16-14-27/h9,11,17,19-20H,5-8,10,12-16,18H2,1-4H3,(H2,23,24,25).